The highest BCUT2D eigenvalue weighted by atomic mass is 32.2. The highest BCUT2D eigenvalue weighted by Gasteiger charge is 2.29. The van der Waals surface area contributed by atoms with E-state index in [0.29, 0.717) is 30.2 Å². The first-order valence-electron chi connectivity index (χ1n) is 8.94. The molecule has 1 atom stereocenters. The van der Waals surface area contributed by atoms with Gasteiger partial charge in [0.05, 0.1) is 18.1 Å². The molecule has 1 aliphatic rings. The smallest absolute Gasteiger partial charge is 0.224 e. The molecule has 0 unspecified atom stereocenters. The number of anilines is 1. The minimum absolute atomic E-state index is 0.0859. The minimum atomic E-state index is -2.96. The van der Waals surface area contributed by atoms with Gasteiger partial charge in [-0.15, -0.1) is 0 Å². The summed E-state index contributed by atoms with van der Waals surface area (Å²) in [5, 5.41) is 2.80. The molecule has 1 aliphatic heterocycles. The third-order valence-electron chi connectivity index (χ3n) is 4.31. The quantitative estimate of drug-likeness (QED) is 0.782. The van der Waals surface area contributed by atoms with Gasteiger partial charge in [0.25, 0.3) is 0 Å². The molecule has 7 heteroatoms. The summed E-state index contributed by atoms with van der Waals surface area (Å²) in [7, 11) is -2.96. The summed E-state index contributed by atoms with van der Waals surface area (Å²) in [5.74, 6) is 2.17. The van der Waals surface area contributed by atoms with Crippen LogP contribution in [0.3, 0.4) is 0 Å². The first-order chi connectivity index (χ1) is 12.9. The Bertz CT molecular complexity index is 876. The SMILES string of the molecule is CCOc1ccc(Oc2ccc(NC(=O)C[C@@H]3CCS(=O)(=O)C3)cc2)cc1. The Morgan fingerprint density at radius 2 is 1.63 bits per heavy atom. The number of hydrogen-bond acceptors (Lipinski definition) is 5. The standard InChI is InChI=1S/C20H23NO5S/c1-2-25-17-7-9-19(10-8-17)26-18-5-3-16(4-6-18)21-20(22)13-15-11-12-27(23,24)14-15/h3-10,15H,2,11-14H2,1H3,(H,21,22)/t15-/m0/s1. The Kier molecular flexibility index (Phi) is 6.01. The van der Waals surface area contributed by atoms with Crippen LogP contribution in [0.2, 0.25) is 0 Å². The first-order valence-corrected chi connectivity index (χ1v) is 10.8. The second kappa shape index (κ2) is 8.43. The molecule has 2 aromatic rings. The predicted molar refractivity (Wildman–Crippen MR) is 104 cm³/mol. The predicted octanol–water partition coefficient (Wildman–Crippen LogP) is 3.64. The van der Waals surface area contributed by atoms with Crippen LogP contribution >= 0.6 is 0 Å². The van der Waals surface area contributed by atoms with Crippen molar-refractivity contribution in [1.29, 1.82) is 0 Å². The van der Waals surface area contributed by atoms with E-state index in [2.05, 4.69) is 5.32 Å². The second-order valence-corrected chi connectivity index (χ2v) is 8.78. The van der Waals surface area contributed by atoms with E-state index in [1.807, 2.05) is 31.2 Å². The van der Waals surface area contributed by atoms with Crippen LogP contribution in [0.15, 0.2) is 48.5 Å². The highest BCUT2D eigenvalue weighted by molar-refractivity contribution is 7.91. The molecule has 0 saturated carbocycles. The van der Waals surface area contributed by atoms with Gasteiger partial charge in [-0.25, -0.2) is 8.42 Å². The van der Waals surface area contributed by atoms with E-state index >= 15 is 0 Å². The molecule has 27 heavy (non-hydrogen) atoms. The van der Waals surface area contributed by atoms with Crippen molar-refractivity contribution in [1.82, 2.24) is 0 Å². The molecule has 144 valence electrons. The Morgan fingerprint density at radius 1 is 1.04 bits per heavy atom. The Hall–Kier alpha value is -2.54. The summed E-state index contributed by atoms with van der Waals surface area (Å²) in [4.78, 5) is 12.1. The number of hydrogen-bond donors (Lipinski definition) is 1. The van der Waals surface area contributed by atoms with Crippen LogP contribution in [0, 0.1) is 5.92 Å². The van der Waals surface area contributed by atoms with Crippen molar-refractivity contribution < 1.29 is 22.7 Å². The average Bonchev–Trinajstić information content (AvgIpc) is 2.97. The van der Waals surface area contributed by atoms with Gasteiger partial charge < -0.3 is 14.8 Å². The Labute approximate surface area is 159 Å². The zero-order valence-electron chi connectivity index (χ0n) is 15.2. The maximum absolute atomic E-state index is 12.1. The number of carbonyl (C=O) groups excluding carboxylic acids is 1. The van der Waals surface area contributed by atoms with E-state index < -0.39 is 9.84 Å². The van der Waals surface area contributed by atoms with Crippen LogP contribution in [0.4, 0.5) is 5.69 Å². The molecule has 0 aromatic heterocycles. The number of amides is 1. The highest BCUT2D eigenvalue weighted by Crippen LogP contribution is 2.26. The lowest BCUT2D eigenvalue weighted by atomic mass is 10.1. The zero-order chi connectivity index (χ0) is 19.3. The van der Waals surface area contributed by atoms with Crippen LogP contribution < -0.4 is 14.8 Å². The van der Waals surface area contributed by atoms with Gasteiger partial charge in [-0.2, -0.15) is 0 Å². The number of ether oxygens (including phenoxy) is 2. The van der Waals surface area contributed by atoms with Gasteiger partial charge in [0, 0.05) is 12.1 Å². The van der Waals surface area contributed by atoms with Crippen LogP contribution in [0.5, 0.6) is 17.2 Å². The van der Waals surface area contributed by atoms with E-state index in [1.165, 1.54) is 0 Å². The molecule has 6 nitrogen and oxygen atoms in total. The summed E-state index contributed by atoms with van der Waals surface area (Å²) in [6.07, 6.45) is 0.786. The van der Waals surface area contributed by atoms with E-state index in [-0.39, 0.29) is 29.8 Å². The van der Waals surface area contributed by atoms with Crippen molar-refractivity contribution >= 4 is 21.4 Å². The molecule has 1 heterocycles. The third kappa shape index (κ3) is 5.72. The van der Waals surface area contributed by atoms with E-state index in [4.69, 9.17) is 9.47 Å². The van der Waals surface area contributed by atoms with Crippen molar-refractivity contribution in [3.8, 4) is 17.2 Å². The normalized spacial score (nSPS) is 18.0. The fourth-order valence-electron chi connectivity index (χ4n) is 3.02. The summed E-state index contributed by atoms with van der Waals surface area (Å²) < 4.78 is 34.1. The summed E-state index contributed by atoms with van der Waals surface area (Å²) >= 11 is 0. The van der Waals surface area contributed by atoms with Crippen molar-refractivity contribution in [2.75, 3.05) is 23.4 Å². The van der Waals surface area contributed by atoms with Crippen molar-refractivity contribution in [2.45, 2.75) is 19.8 Å². The zero-order valence-corrected chi connectivity index (χ0v) is 16.0. The number of rotatable bonds is 7. The summed E-state index contributed by atoms with van der Waals surface area (Å²) in [6.45, 7) is 2.55. The molecule has 2 aromatic carbocycles. The summed E-state index contributed by atoms with van der Waals surface area (Å²) in [6, 6.07) is 14.4. The van der Waals surface area contributed by atoms with Crippen LogP contribution in [-0.2, 0) is 14.6 Å². The number of carbonyl (C=O) groups is 1. The monoisotopic (exact) mass is 389 g/mol. The lowest BCUT2D eigenvalue weighted by molar-refractivity contribution is -0.116. The van der Waals surface area contributed by atoms with Crippen molar-refractivity contribution in [3.05, 3.63) is 48.5 Å². The van der Waals surface area contributed by atoms with Gasteiger partial charge in [-0.05, 0) is 67.8 Å². The molecule has 0 aliphatic carbocycles. The van der Waals surface area contributed by atoms with Gasteiger partial charge in [0.15, 0.2) is 9.84 Å². The number of benzene rings is 2. The fourth-order valence-corrected chi connectivity index (χ4v) is 4.88. The Balaban J connectivity index is 1.51. The molecule has 0 bridgehead atoms. The Morgan fingerprint density at radius 3 is 2.19 bits per heavy atom. The van der Waals surface area contributed by atoms with Gasteiger partial charge in [-0.1, -0.05) is 0 Å². The van der Waals surface area contributed by atoms with Gasteiger partial charge >= 0.3 is 0 Å². The van der Waals surface area contributed by atoms with Crippen LogP contribution in [-0.4, -0.2) is 32.4 Å². The van der Waals surface area contributed by atoms with E-state index in [9.17, 15) is 13.2 Å². The largest absolute Gasteiger partial charge is 0.494 e. The van der Waals surface area contributed by atoms with Gasteiger partial charge in [0.1, 0.15) is 17.2 Å². The molecule has 1 fully saturated rings. The maximum atomic E-state index is 12.1. The third-order valence-corrected chi connectivity index (χ3v) is 6.15. The molecular weight excluding hydrogens is 366 g/mol. The van der Waals surface area contributed by atoms with Crippen LogP contribution in [0.25, 0.3) is 0 Å². The minimum Gasteiger partial charge on any atom is -0.494 e. The van der Waals surface area contributed by atoms with Gasteiger partial charge in [-0.3, -0.25) is 4.79 Å². The van der Waals surface area contributed by atoms with Gasteiger partial charge in [0.2, 0.25) is 5.91 Å². The molecule has 1 saturated heterocycles. The second-order valence-electron chi connectivity index (χ2n) is 6.55. The summed E-state index contributed by atoms with van der Waals surface area (Å²) in [5.41, 5.74) is 0.653. The lowest BCUT2D eigenvalue weighted by Crippen LogP contribution is -2.17. The van der Waals surface area contributed by atoms with E-state index in [1.54, 1.807) is 24.3 Å². The fraction of sp³-hybridized carbons (Fsp3) is 0.350. The average molecular weight is 389 g/mol. The van der Waals surface area contributed by atoms with E-state index in [0.717, 1.165) is 5.75 Å². The van der Waals surface area contributed by atoms with Crippen LogP contribution in [0.1, 0.15) is 19.8 Å². The molecular formula is C20H23NO5S. The van der Waals surface area contributed by atoms with Crippen molar-refractivity contribution in [2.24, 2.45) is 5.92 Å². The number of sulfone groups is 1. The number of nitrogens with one attached hydrogen (secondary N) is 1. The first kappa shape index (κ1) is 19.2. The topological polar surface area (TPSA) is 81.7 Å². The van der Waals surface area contributed by atoms with Crippen molar-refractivity contribution in [3.63, 3.8) is 0 Å². The molecule has 3 rings (SSSR count). The molecule has 1 amide bonds. The maximum Gasteiger partial charge on any atom is 0.224 e. The molecule has 1 N–H and O–H groups in total. The molecule has 0 spiro atoms. The molecule has 0 radical (unpaired) electrons. The lowest BCUT2D eigenvalue weighted by Gasteiger charge is -2.10.